The minimum Gasteiger partial charge on any atom is -0.356 e. The van der Waals surface area contributed by atoms with Crippen molar-refractivity contribution in [2.24, 2.45) is 0 Å². The molecule has 1 aliphatic carbocycles. The van der Waals surface area contributed by atoms with Gasteiger partial charge in [0, 0.05) is 51.1 Å². The number of benzene rings is 1. The van der Waals surface area contributed by atoms with E-state index in [0.29, 0.717) is 13.0 Å². The topological polar surface area (TPSA) is 61.4 Å². The largest absolute Gasteiger partial charge is 0.356 e. The highest BCUT2D eigenvalue weighted by Crippen LogP contribution is 2.22. The molecule has 0 radical (unpaired) electrons. The highest BCUT2D eigenvalue weighted by atomic mass is 35.5. The molecule has 0 atom stereocenters. The first-order valence-corrected chi connectivity index (χ1v) is 10.1. The maximum absolute atomic E-state index is 12.4. The van der Waals surface area contributed by atoms with Crippen molar-refractivity contribution in [3.8, 4) is 0 Å². The van der Waals surface area contributed by atoms with Gasteiger partial charge in [-0.15, -0.1) is 12.4 Å². The fraction of sp³-hybridized carbons (Fsp3) is 0.619. The number of Topliss-reactive ketones (excluding diaryl/α,β-unsaturated/α-hetero) is 1. The fourth-order valence-electron chi connectivity index (χ4n) is 3.83. The molecule has 2 N–H and O–H groups in total. The molecular weight excluding hydrogens is 362 g/mol. The van der Waals surface area contributed by atoms with Crippen molar-refractivity contribution in [2.45, 2.75) is 44.9 Å². The molecule has 0 unspecified atom stereocenters. The van der Waals surface area contributed by atoms with Crippen LogP contribution in [0.2, 0.25) is 0 Å². The predicted octanol–water partition coefficient (Wildman–Crippen LogP) is 2.36. The minimum atomic E-state index is -0.0170. The number of hydrogen-bond acceptors (Lipinski definition) is 4. The number of hydrogen-bond donors (Lipinski definition) is 2. The van der Waals surface area contributed by atoms with Gasteiger partial charge >= 0.3 is 0 Å². The number of rotatable bonds is 8. The summed E-state index contributed by atoms with van der Waals surface area (Å²) in [5.74, 6) is 0.0611. The summed E-state index contributed by atoms with van der Waals surface area (Å²) in [6.45, 7) is 5.99. The van der Waals surface area contributed by atoms with Crippen molar-refractivity contribution in [3.63, 3.8) is 0 Å². The number of carbonyl (C=O) groups is 2. The third-order valence-electron chi connectivity index (χ3n) is 5.43. The van der Waals surface area contributed by atoms with E-state index in [0.717, 1.165) is 57.5 Å². The summed E-state index contributed by atoms with van der Waals surface area (Å²) in [4.78, 5) is 26.8. The van der Waals surface area contributed by atoms with Crippen LogP contribution in [0.3, 0.4) is 0 Å². The molecule has 0 bridgehead atoms. The number of aryl methyl sites for hydroxylation is 2. The van der Waals surface area contributed by atoms with E-state index in [9.17, 15) is 9.59 Å². The van der Waals surface area contributed by atoms with E-state index >= 15 is 0 Å². The van der Waals surface area contributed by atoms with Gasteiger partial charge in [-0.25, -0.2) is 0 Å². The number of halogens is 1. The summed E-state index contributed by atoms with van der Waals surface area (Å²) < 4.78 is 0. The number of nitrogens with one attached hydrogen (secondary N) is 2. The maximum Gasteiger partial charge on any atom is 0.220 e. The van der Waals surface area contributed by atoms with Crippen LogP contribution in [-0.2, 0) is 17.6 Å². The zero-order valence-corrected chi connectivity index (χ0v) is 16.9. The molecule has 0 saturated carbocycles. The molecule has 6 heteroatoms. The number of fused-ring (bicyclic) bond motifs is 1. The summed E-state index contributed by atoms with van der Waals surface area (Å²) in [6.07, 6.45) is 6.19. The van der Waals surface area contributed by atoms with Crippen LogP contribution in [0.25, 0.3) is 0 Å². The van der Waals surface area contributed by atoms with Gasteiger partial charge in [0.2, 0.25) is 5.91 Å². The zero-order valence-electron chi connectivity index (χ0n) is 16.1. The van der Waals surface area contributed by atoms with Crippen LogP contribution in [0.4, 0.5) is 0 Å². The van der Waals surface area contributed by atoms with Crippen molar-refractivity contribution < 1.29 is 9.59 Å². The van der Waals surface area contributed by atoms with E-state index in [1.54, 1.807) is 0 Å². The Balaban J connectivity index is 0.00000261. The Morgan fingerprint density at radius 2 is 1.78 bits per heavy atom. The number of amides is 1. The highest BCUT2D eigenvalue weighted by Gasteiger charge is 2.14. The normalized spacial score (nSPS) is 16.9. The Bertz CT molecular complexity index is 630. The van der Waals surface area contributed by atoms with Gasteiger partial charge in [-0.05, 0) is 55.8 Å². The molecule has 3 rings (SSSR count). The molecule has 1 aromatic rings. The number of carbonyl (C=O) groups excluding carboxylic acids is 2. The zero-order chi connectivity index (χ0) is 18.2. The Morgan fingerprint density at radius 3 is 2.56 bits per heavy atom. The Kier molecular flexibility index (Phi) is 9.25. The van der Waals surface area contributed by atoms with Crippen molar-refractivity contribution in [2.75, 3.05) is 39.3 Å². The molecule has 2 aliphatic rings. The quantitative estimate of drug-likeness (QED) is 0.525. The average Bonchev–Trinajstić information content (AvgIpc) is 2.70. The fourth-order valence-corrected chi connectivity index (χ4v) is 3.83. The van der Waals surface area contributed by atoms with E-state index in [2.05, 4.69) is 21.6 Å². The van der Waals surface area contributed by atoms with Crippen LogP contribution in [-0.4, -0.2) is 55.9 Å². The molecule has 1 saturated heterocycles. The van der Waals surface area contributed by atoms with Crippen molar-refractivity contribution in [1.29, 1.82) is 0 Å². The Labute approximate surface area is 168 Å². The van der Waals surface area contributed by atoms with E-state index < -0.39 is 0 Å². The first kappa shape index (κ1) is 21.9. The van der Waals surface area contributed by atoms with E-state index in [1.807, 2.05) is 12.1 Å². The monoisotopic (exact) mass is 393 g/mol. The second-order valence-electron chi connectivity index (χ2n) is 7.41. The molecule has 150 valence electrons. The van der Waals surface area contributed by atoms with Crippen LogP contribution in [0.15, 0.2) is 18.2 Å². The predicted molar refractivity (Wildman–Crippen MR) is 111 cm³/mol. The average molecular weight is 394 g/mol. The van der Waals surface area contributed by atoms with Gasteiger partial charge in [-0.1, -0.05) is 12.1 Å². The van der Waals surface area contributed by atoms with Gasteiger partial charge < -0.3 is 15.5 Å². The molecular formula is C21H32ClN3O2. The first-order valence-electron chi connectivity index (χ1n) is 10.1. The van der Waals surface area contributed by atoms with Gasteiger partial charge in [-0.3, -0.25) is 9.59 Å². The lowest BCUT2D eigenvalue weighted by Gasteiger charge is -2.27. The van der Waals surface area contributed by atoms with Gasteiger partial charge in [0.15, 0.2) is 5.78 Å². The van der Waals surface area contributed by atoms with E-state index in [4.69, 9.17) is 0 Å². The number of piperazine rings is 1. The molecule has 1 heterocycles. The molecule has 27 heavy (non-hydrogen) atoms. The summed E-state index contributed by atoms with van der Waals surface area (Å²) >= 11 is 0. The third kappa shape index (κ3) is 6.91. The van der Waals surface area contributed by atoms with Gasteiger partial charge in [-0.2, -0.15) is 0 Å². The Morgan fingerprint density at radius 1 is 1.04 bits per heavy atom. The second kappa shape index (κ2) is 11.4. The summed E-state index contributed by atoms with van der Waals surface area (Å²) in [5, 5.41) is 6.28. The highest BCUT2D eigenvalue weighted by molar-refractivity contribution is 5.98. The molecule has 1 amide bonds. The van der Waals surface area contributed by atoms with E-state index in [1.165, 1.54) is 24.0 Å². The smallest absolute Gasteiger partial charge is 0.220 e. The lowest BCUT2D eigenvalue weighted by molar-refractivity contribution is -0.121. The SMILES string of the molecule is Cl.O=C(CCC(=O)c1ccc2c(c1)CCCC2)NCCCN1CCNCC1. The molecule has 1 aliphatic heterocycles. The molecule has 1 fully saturated rings. The van der Waals surface area contributed by atoms with E-state index in [-0.39, 0.29) is 30.5 Å². The lowest BCUT2D eigenvalue weighted by atomic mass is 9.89. The van der Waals surface area contributed by atoms with Crippen LogP contribution in [0.5, 0.6) is 0 Å². The molecule has 0 aromatic heterocycles. The lowest BCUT2D eigenvalue weighted by Crippen LogP contribution is -2.44. The summed E-state index contributed by atoms with van der Waals surface area (Å²) in [6, 6.07) is 6.07. The van der Waals surface area contributed by atoms with Crippen LogP contribution >= 0.6 is 12.4 Å². The number of nitrogens with zero attached hydrogens (tertiary/aromatic N) is 1. The Hall–Kier alpha value is -1.43. The molecule has 0 spiro atoms. The third-order valence-corrected chi connectivity index (χ3v) is 5.43. The summed E-state index contributed by atoms with van der Waals surface area (Å²) in [7, 11) is 0. The van der Waals surface area contributed by atoms with Gasteiger partial charge in [0.1, 0.15) is 0 Å². The maximum atomic E-state index is 12.4. The van der Waals surface area contributed by atoms with Crippen molar-refractivity contribution in [1.82, 2.24) is 15.5 Å². The van der Waals surface area contributed by atoms with Crippen LogP contribution in [0.1, 0.15) is 53.6 Å². The second-order valence-corrected chi connectivity index (χ2v) is 7.41. The van der Waals surface area contributed by atoms with Crippen LogP contribution < -0.4 is 10.6 Å². The number of ketones is 1. The van der Waals surface area contributed by atoms with Crippen LogP contribution in [0, 0.1) is 0 Å². The van der Waals surface area contributed by atoms with Gasteiger partial charge in [0.25, 0.3) is 0 Å². The first-order chi connectivity index (χ1) is 12.7. The van der Waals surface area contributed by atoms with Crippen molar-refractivity contribution >= 4 is 24.1 Å². The summed E-state index contributed by atoms with van der Waals surface area (Å²) in [5.41, 5.74) is 3.46. The molecule has 1 aromatic carbocycles. The standard InChI is InChI=1S/C21H31N3O2.ClH/c25-20(19-7-6-17-4-1-2-5-18(17)16-19)8-9-21(26)23-10-3-13-24-14-11-22-12-15-24;/h6-7,16,22H,1-5,8-15H2,(H,23,26);1H. The van der Waals surface area contributed by atoms with Gasteiger partial charge in [0.05, 0.1) is 0 Å². The van der Waals surface area contributed by atoms with Crippen molar-refractivity contribution in [3.05, 3.63) is 34.9 Å². The minimum absolute atomic E-state index is 0. The molecule has 5 nitrogen and oxygen atoms in total.